The first-order valence-electron chi connectivity index (χ1n) is 8.78. The van der Waals surface area contributed by atoms with Crippen LogP contribution in [0.5, 0.6) is 11.6 Å². The molecule has 4 rings (SSSR count). The zero-order chi connectivity index (χ0) is 17.8. The Bertz CT molecular complexity index is 763. The van der Waals surface area contributed by atoms with Gasteiger partial charge in [-0.25, -0.2) is 0 Å². The lowest BCUT2D eigenvalue weighted by Gasteiger charge is -2.28. The number of thiocarbonyl (C=S) groups is 1. The fourth-order valence-electron chi connectivity index (χ4n) is 2.64. The van der Waals surface area contributed by atoms with Crippen molar-refractivity contribution in [1.82, 2.24) is 15.3 Å². The van der Waals surface area contributed by atoms with Crippen LogP contribution in [0, 0.1) is 0 Å². The minimum atomic E-state index is 0.429. The van der Waals surface area contributed by atoms with Gasteiger partial charge >= 0.3 is 0 Å². The molecule has 2 aromatic rings. The predicted molar refractivity (Wildman–Crippen MR) is 104 cm³/mol. The van der Waals surface area contributed by atoms with E-state index in [4.69, 9.17) is 21.7 Å². The molecule has 0 amide bonds. The van der Waals surface area contributed by atoms with E-state index < -0.39 is 0 Å². The molecule has 1 saturated carbocycles. The molecule has 0 spiro atoms. The third-order valence-corrected chi connectivity index (χ3v) is 4.35. The minimum Gasteiger partial charge on any atom is -0.439 e. The van der Waals surface area contributed by atoms with E-state index >= 15 is 0 Å². The standard InChI is InChI=1S/C18H21N5O2S/c26-18(19-13-6-7-13)22-17-20-15(23-8-10-24-11-9-23)12-16(21-17)25-14-4-2-1-3-5-14/h1-5,12-13H,6-11H2,(H2,19,20,21,22,26). The topological polar surface area (TPSA) is 71.5 Å². The number of rotatable bonds is 5. The summed E-state index contributed by atoms with van der Waals surface area (Å²) in [5, 5.41) is 6.85. The van der Waals surface area contributed by atoms with Crippen molar-refractivity contribution in [2.75, 3.05) is 36.5 Å². The number of benzene rings is 1. The van der Waals surface area contributed by atoms with Crippen molar-refractivity contribution in [3.05, 3.63) is 36.4 Å². The van der Waals surface area contributed by atoms with Crippen molar-refractivity contribution < 1.29 is 9.47 Å². The average molecular weight is 371 g/mol. The second-order valence-corrected chi connectivity index (χ2v) is 6.68. The molecule has 8 heteroatoms. The Morgan fingerprint density at radius 1 is 1.15 bits per heavy atom. The quantitative estimate of drug-likeness (QED) is 0.777. The van der Waals surface area contributed by atoms with Gasteiger partial charge < -0.3 is 25.0 Å². The number of anilines is 2. The Labute approximate surface area is 157 Å². The highest BCUT2D eigenvalue weighted by molar-refractivity contribution is 7.80. The molecule has 1 aromatic carbocycles. The van der Waals surface area contributed by atoms with Crippen molar-refractivity contribution in [2.24, 2.45) is 0 Å². The highest BCUT2D eigenvalue weighted by Gasteiger charge is 2.22. The molecule has 1 aromatic heterocycles. The second-order valence-electron chi connectivity index (χ2n) is 6.28. The molecule has 26 heavy (non-hydrogen) atoms. The van der Waals surface area contributed by atoms with Crippen molar-refractivity contribution in [3.8, 4) is 11.6 Å². The van der Waals surface area contributed by atoms with E-state index in [0.29, 0.717) is 36.2 Å². The summed E-state index contributed by atoms with van der Waals surface area (Å²) in [6, 6.07) is 11.9. The number of hydrogen-bond donors (Lipinski definition) is 2. The van der Waals surface area contributed by atoms with Gasteiger partial charge in [-0.05, 0) is 37.2 Å². The first-order chi connectivity index (χ1) is 12.8. The molecular weight excluding hydrogens is 350 g/mol. The first-order valence-corrected chi connectivity index (χ1v) is 9.19. The van der Waals surface area contributed by atoms with Gasteiger partial charge in [-0.3, -0.25) is 0 Å². The number of nitrogens with one attached hydrogen (secondary N) is 2. The monoisotopic (exact) mass is 371 g/mol. The van der Waals surface area contributed by atoms with Crippen LogP contribution in [0.2, 0.25) is 0 Å². The maximum absolute atomic E-state index is 5.91. The number of aromatic nitrogens is 2. The maximum atomic E-state index is 5.91. The molecule has 2 aliphatic rings. The molecule has 2 N–H and O–H groups in total. The normalized spacial score (nSPS) is 16.8. The van der Waals surface area contributed by atoms with Crippen molar-refractivity contribution in [1.29, 1.82) is 0 Å². The van der Waals surface area contributed by atoms with E-state index in [0.717, 1.165) is 37.5 Å². The number of hydrogen-bond acceptors (Lipinski definition) is 6. The largest absolute Gasteiger partial charge is 0.439 e. The van der Waals surface area contributed by atoms with E-state index in [9.17, 15) is 0 Å². The molecule has 7 nitrogen and oxygen atoms in total. The second kappa shape index (κ2) is 7.84. The van der Waals surface area contributed by atoms with Crippen LogP contribution < -0.4 is 20.3 Å². The fraction of sp³-hybridized carbons (Fsp3) is 0.389. The zero-order valence-corrected chi connectivity index (χ0v) is 15.2. The number of morpholine rings is 1. The number of para-hydroxylation sites is 1. The molecule has 0 atom stereocenters. The van der Waals surface area contributed by atoms with Crippen molar-refractivity contribution in [2.45, 2.75) is 18.9 Å². The first kappa shape index (κ1) is 17.0. The summed E-state index contributed by atoms with van der Waals surface area (Å²) in [7, 11) is 0. The van der Waals surface area contributed by atoms with E-state index in [-0.39, 0.29) is 0 Å². The third-order valence-electron chi connectivity index (χ3n) is 4.13. The van der Waals surface area contributed by atoms with E-state index in [2.05, 4.69) is 25.5 Å². The van der Waals surface area contributed by atoms with Gasteiger partial charge in [0.1, 0.15) is 11.6 Å². The van der Waals surface area contributed by atoms with Crippen molar-refractivity contribution >= 4 is 29.1 Å². The van der Waals surface area contributed by atoms with Gasteiger partial charge in [0.25, 0.3) is 0 Å². The SMILES string of the molecule is S=C(Nc1nc(Oc2ccccc2)cc(N2CCOCC2)n1)NC1CC1. The van der Waals surface area contributed by atoms with E-state index in [1.807, 2.05) is 36.4 Å². The van der Waals surface area contributed by atoms with Gasteiger partial charge in [0, 0.05) is 25.2 Å². The van der Waals surface area contributed by atoms with Crippen LogP contribution in [0.1, 0.15) is 12.8 Å². The summed E-state index contributed by atoms with van der Waals surface area (Å²) in [5.41, 5.74) is 0. The Morgan fingerprint density at radius 3 is 2.65 bits per heavy atom. The van der Waals surface area contributed by atoms with Crippen LogP contribution in [0.3, 0.4) is 0 Å². The summed E-state index contributed by atoms with van der Waals surface area (Å²) in [6.45, 7) is 2.94. The summed E-state index contributed by atoms with van der Waals surface area (Å²) in [5.74, 6) is 2.43. The van der Waals surface area contributed by atoms with Crippen LogP contribution in [-0.2, 0) is 4.74 Å². The van der Waals surface area contributed by atoms with Crippen LogP contribution >= 0.6 is 12.2 Å². The maximum Gasteiger partial charge on any atom is 0.234 e. The van der Waals surface area contributed by atoms with Crippen molar-refractivity contribution in [3.63, 3.8) is 0 Å². The molecule has 1 aliphatic carbocycles. The molecule has 1 saturated heterocycles. The molecule has 2 fully saturated rings. The lowest BCUT2D eigenvalue weighted by molar-refractivity contribution is 0.122. The highest BCUT2D eigenvalue weighted by Crippen LogP contribution is 2.25. The third kappa shape index (κ3) is 4.59. The molecule has 136 valence electrons. The minimum absolute atomic E-state index is 0.429. The summed E-state index contributed by atoms with van der Waals surface area (Å²) >= 11 is 5.35. The van der Waals surface area contributed by atoms with Gasteiger partial charge in [-0.1, -0.05) is 18.2 Å². The molecule has 1 aliphatic heterocycles. The van der Waals surface area contributed by atoms with E-state index in [1.165, 1.54) is 0 Å². The van der Waals surface area contributed by atoms with Gasteiger partial charge in [-0.2, -0.15) is 9.97 Å². The van der Waals surface area contributed by atoms with Crippen LogP contribution in [-0.4, -0.2) is 47.4 Å². The fourth-order valence-corrected chi connectivity index (χ4v) is 2.89. The van der Waals surface area contributed by atoms with Crippen LogP contribution in [0.15, 0.2) is 36.4 Å². The predicted octanol–water partition coefficient (Wildman–Crippen LogP) is 2.55. The van der Waals surface area contributed by atoms with Gasteiger partial charge in [0.05, 0.1) is 13.2 Å². The number of nitrogens with zero attached hydrogens (tertiary/aromatic N) is 3. The summed E-state index contributed by atoms with van der Waals surface area (Å²) < 4.78 is 11.3. The summed E-state index contributed by atoms with van der Waals surface area (Å²) in [6.07, 6.45) is 2.30. The summed E-state index contributed by atoms with van der Waals surface area (Å²) in [4.78, 5) is 11.2. The molecule has 0 radical (unpaired) electrons. The Balaban J connectivity index is 1.56. The smallest absolute Gasteiger partial charge is 0.234 e. The number of ether oxygens (including phenoxy) is 2. The molecular formula is C18H21N5O2S. The lowest BCUT2D eigenvalue weighted by Crippen LogP contribution is -2.37. The molecule has 2 heterocycles. The molecule has 0 bridgehead atoms. The lowest BCUT2D eigenvalue weighted by atomic mass is 10.3. The molecule has 0 unspecified atom stereocenters. The Morgan fingerprint density at radius 2 is 1.92 bits per heavy atom. The van der Waals surface area contributed by atoms with Gasteiger partial charge in [0.15, 0.2) is 5.11 Å². The van der Waals surface area contributed by atoms with Gasteiger partial charge in [-0.15, -0.1) is 0 Å². The van der Waals surface area contributed by atoms with Gasteiger partial charge in [0.2, 0.25) is 11.8 Å². The highest BCUT2D eigenvalue weighted by atomic mass is 32.1. The zero-order valence-electron chi connectivity index (χ0n) is 14.4. The Kier molecular flexibility index (Phi) is 5.12. The Hall–Kier alpha value is -2.45. The van der Waals surface area contributed by atoms with E-state index in [1.54, 1.807) is 0 Å². The van der Waals surface area contributed by atoms with Crippen LogP contribution in [0.25, 0.3) is 0 Å². The average Bonchev–Trinajstić information content (AvgIpc) is 3.47. The van der Waals surface area contributed by atoms with Crippen LogP contribution in [0.4, 0.5) is 11.8 Å².